The lowest BCUT2D eigenvalue weighted by Gasteiger charge is -2.14. The van der Waals surface area contributed by atoms with Gasteiger partial charge in [0.15, 0.2) is 5.82 Å². The van der Waals surface area contributed by atoms with Crippen LogP contribution >= 0.6 is 23.2 Å². The third kappa shape index (κ3) is 4.74. The summed E-state index contributed by atoms with van der Waals surface area (Å²) in [6.07, 6.45) is 3.18. The normalized spacial score (nSPS) is 13.7. The monoisotopic (exact) mass is 454 g/mol. The first-order valence-corrected chi connectivity index (χ1v) is 11.4. The van der Waals surface area contributed by atoms with Crippen LogP contribution in [-0.4, -0.2) is 31.6 Å². The molecule has 2 N–H and O–H groups in total. The minimum atomic E-state index is -1.17. The molecule has 29 heavy (non-hydrogen) atoms. The lowest BCUT2D eigenvalue weighted by molar-refractivity contribution is 0.109. The fourth-order valence-electron chi connectivity index (χ4n) is 3.25. The highest BCUT2D eigenvalue weighted by atomic mass is 35.5. The molecule has 2 unspecified atom stereocenters. The topological polar surface area (TPSA) is 83.0 Å². The zero-order valence-corrected chi connectivity index (χ0v) is 18.9. The first-order valence-electron chi connectivity index (χ1n) is 9.31. The number of aromatic nitrogens is 3. The molecule has 2 heterocycles. The number of nitrogen functional groups attached to an aromatic ring is 1. The number of halogens is 2. The standard InChI is InChI=1S/C20H24Cl2N4O2S/c1-12-11-24-19(23)17-18(12)26(20(25-17)13(2)28-3)8-4-5-9-29(27)16-7-6-14(21)10-15(16)22/h6-7,10-11,13H,4-5,8-9H2,1-3H3,(H2,23,24). The molecule has 2 atom stereocenters. The number of nitrogens with zero attached hydrogens (tertiary/aromatic N) is 3. The number of fused-ring (bicyclic) bond motifs is 1. The number of aryl methyl sites for hydroxylation is 2. The molecule has 0 aliphatic rings. The van der Waals surface area contributed by atoms with Crippen molar-refractivity contribution in [2.45, 2.75) is 44.2 Å². The van der Waals surface area contributed by atoms with Crippen molar-refractivity contribution in [1.82, 2.24) is 14.5 Å². The molecule has 0 aliphatic carbocycles. The Labute approximate surface area is 182 Å². The zero-order valence-electron chi connectivity index (χ0n) is 16.6. The fourth-order valence-corrected chi connectivity index (χ4v) is 5.10. The van der Waals surface area contributed by atoms with E-state index in [0.29, 0.717) is 32.0 Å². The molecular weight excluding hydrogens is 431 g/mol. The van der Waals surface area contributed by atoms with Gasteiger partial charge >= 0.3 is 0 Å². The number of anilines is 1. The van der Waals surface area contributed by atoms with E-state index in [1.54, 1.807) is 31.5 Å². The summed E-state index contributed by atoms with van der Waals surface area (Å²) in [6, 6.07) is 5.05. The van der Waals surface area contributed by atoms with Crippen molar-refractivity contribution in [3.8, 4) is 0 Å². The van der Waals surface area contributed by atoms with E-state index in [0.717, 1.165) is 36.3 Å². The first-order chi connectivity index (χ1) is 13.8. The second-order valence-corrected chi connectivity index (χ2v) is 9.24. The summed E-state index contributed by atoms with van der Waals surface area (Å²) in [5, 5.41) is 0.970. The molecule has 0 spiro atoms. The van der Waals surface area contributed by atoms with E-state index < -0.39 is 10.8 Å². The van der Waals surface area contributed by atoms with Gasteiger partial charge in [0.25, 0.3) is 0 Å². The van der Waals surface area contributed by atoms with Gasteiger partial charge in [0.1, 0.15) is 17.4 Å². The molecule has 3 aromatic rings. The number of pyridine rings is 1. The molecule has 0 radical (unpaired) electrons. The van der Waals surface area contributed by atoms with E-state index in [-0.39, 0.29) is 6.10 Å². The average molecular weight is 455 g/mol. The van der Waals surface area contributed by atoms with E-state index in [9.17, 15) is 4.21 Å². The van der Waals surface area contributed by atoms with Crippen LogP contribution in [0.1, 0.15) is 37.3 Å². The van der Waals surface area contributed by atoms with Gasteiger partial charge < -0.3 is 15.0 Å². The highest BCUT2D eigenvalue weighted by Gasteiger charge is 2.19. The Morgan fingerprint density at radius 2 is 2.07 bits per heavy atom. The molecule has 2 aromatic heterocycles. The summed E-state index contributed by atoms with van der Waals surface area (Å²) in [5.74, 6) is 1.74. The van der Waals surface area contributed by atoms with Crippen molar-refractivity contribution in [1.29, 1.82) is 0 Å². The van der Waals surface area contributed by atoms with Crippen LogP contribution in [0.15, 0.2) is 29.3 Å². The summed E-state index contributed by atoms with van der Waals surface area (Å²) in [7, 11) is 0.482. The van der Waals surface area contributed by atoms with E-state index in [4.69, 9.17) is 33.7 Å². The maximum atomic E-state index is 12.6. The first kappa shape index (κ1) is 22.0. The van der Waals surface area contributed by atoms with Gasteiger partial charge in [-0.1, -0.05) is 23.2 Å². The highest BCUT2D eigenvalue weighted by molar-refractivity contribution is 7.85. The average Bonchev–Trinajstić information content (AvgIpc) is 3.08. The Kier molecular flexibility index (Phi) is 7.16. The smallest absolute Gasteiger partial charge is 0.151 e. The third-order valence-electron chi connectivity index (χ3n) is 4.83. The highest BCUT2D eigenvalue weighted by Crippen LogP contribution is 2.28. The fraction of sp³-hybridized carbons (Fsp3) is 0.400. The van der Waals surface area contributed by atoms with Crippen LogP contribution in [0, 0.1) is 6.92 Å². The van der Waals surface area contributed by atoms with Crippen LogP contribution in [-0.2, 0) is 22.1 Å². The number of nitrogens with two attached hydrogens (primary N) is 1. The lowest BCUT2D eigenvalue weighted by Crippen LogP contribution is -2.10. The van der Waals surface area contributed by atoms with Crippen LogP contribution in [0.4, 0.5) is 5.82 Å². The van der Waals surface area contributed by atoms with Crippen LogP contribution in [0.2, 0.25) is 10.0 Å². The van der Waals surface area contributed by atoms with E-state index in [1.807, 2.05) is 13.8 Å². The molecule has 9 heteroatoms. The predicted octanol–water partition coefficient (Wildman–Crippen LogP) is 4.92. The van der Waals surface area contributed by atoms with Gasteiger partial charge in [0.2, 0.25) is 0 Å². The Hall–Kier alpha value is -1.67. The van der Waals surface area contributed by atoms with Crippen molar-refractivity contribution in [3.63, 3.8) is 0 Å². The summed E-state index contributed by atoms with van der Waals surface area (Å²) in [6.45, 7) is 4.66. The van der Waals surface area contributed by atoms with Crippen LogP contribution in [0.5, 0.6) is 0 Å². The van der Waals surface area contributed by atoms with Crippen LogP contribution < -0.4 is 5.73 Å². The van der Waals surface area contributed by atoms with Crippen LogP contribution in [0.25, 0.3) is 11.0 Å². The number of benzene rings is 1. The number of methoxy groups -OCH3 is 1. The lowest BCUT2D eigenvalue weighted by atomic mass is 10.2. The SMILES string of the molecule is COC(C)c1nc2c(N)ncc(C)c2n1CCCCS(=O)c1ccc(Cl)cc1Cl. The largest absolute Gasteiger partial charge is 0.382 e. The molecule has 0 fully saturated rings. The molecular formula is C20H24Cl2N4O2S. The van der Waals surface area contributed by atoms with Gasteiger partial charge in [0.05, 0.1) is 26.2 Å². The third-order valence-corrected chi connectivity index (χ3v) is 6.99. The van der Waals surface area contributed by atoms with E-state index in [1.165, 1.54) is 0 Å². The van der Waals surface area contributed by atoms with Crippen molar-refractivity contribution in [3.05, 3.63) is 45.8 Å². The van der Waals surface area contributed by atoms with Crippen molar-refractivity contribution >= 4 is 50.9 Å². The Balaban J connectivity index is 1.75. The summed E-state index contributed by atoms with van der Waals surface area (Å²) in [5.41, 5.74) is 8.72. The molecule has 0 saturated carbocycles. The Morgan fingerprint density at radius 1 is 1.31 bits per heavy atom. The van der Waals surface area contributed by atoms with E-state index in [2.05, 4.69) is 14.5 Å². The number of unbranched alkanes of at least 4 members (excludes halogenated alkanes) is 1. The number of rotatable bonds is 8. The Bertz CT molecular complexity index is 1050. The van der Waals surface area contributed by atoms with Gasteiger partial charge in [-0.05, 0) is 50.5 Å². The Morgan fingerprint density at radius 3 is 2.76 bits per heavy atom. The number of imidazole rings is 1. The minimum Gasteiger partial charge on any atom is -0.382 e. The molecule has 0 saturated heterocycles. The molecule has 0 amide bonds. The number of hydrogen-bond donors (Lipinski definition) is 1. The molecule has 156 valence electrons. The summed E-state index contributed by atoms with van der Waals surface area (Å²) >= 11 is 12.1. The van der Waals surface area contributed by atoms with Crippen molar-refractivity contribution < 1.29 is 8.95 Å². The molecule has 0 aliphatic heterocycles. The van der Waals surface area contributed by atoms with Gasteiger partial charge in [-0.2, -0.15) is 0 Å². The summed E-state index contributed by atoms with van der Waals surface area (Å²) in [4.78, 5) is 9.52. The van der Waals surface area contributed by atoms with Gasteiger partial charge in [-0.25, -0.2) is 9.97 Å². The molecule has 1 aromatic carbocycles. The molecule has 0 bridgehead atoms. The quantitative estimate of drug-likeness (QED) is 0.488. The second kappa shape index (κ2) is 9.43. The van der Waals surface area contributed by atoms with Crippen molar-refractivity contribution in [2.75, 3.05) is 18.6 Å². The van der Waals surface area contributed by atoms with Gasteiger partial charge in [-0.15, -0.1) is 0 Å². The predicted molar refractivity (Wildman–Crippen MR) is 119 cm³/mol. The van der Waals surface area contributed by atoms with Crippen molar-refractivity contribution in [2.24, 2.45) is 0 Å². The van der Waals surface area contributed by atoms with E-state index >= 15 is 0 Å². The minimum absolute atomic E-state index is 0.178. The van der Waals surface area contributed by atoms with Crippen LogP contribution in [0.3, 0.4) is 0 Å². The molecule has 3 rings (SSSR count). The second-order valence-electron chi connectivity index (χ2n) is 6.85. The maximum Gasteiger partial charge on any atom is 0.151 e. The number of hydrogen-bond acceptors (Lipinski definition) is 5. The van der Waals surface area contributed by atoms with Gasteiger partial charge in [-0.3, -0.25) is 4.21 Å². The number of ether oxygens (including phenoxy) is 1. The summed E-state index contributed by atoms with van der Waals surface area (Å²) < 4.78 is 20.2. The maximum absolute atomic E-state index is 12.6. The van der Waals surface area contributed by atoms with Gasteiger partial charge in [0, 0.05) is 30.6 Å². The molecule has 6 nitrogen and oxygen atoms in total. The zero-order chi connectivity index (χ0) is 21.1.